The quantitative estimate of drug-likeness (QED) is 0.806. The molecule has 0 radical (unpaired) electrons. The molecule has 0 aromatic carbocycles. The minimum Gasteiger partial charge on any atom is -0.389 e. The second kappa shape index (κ2) is 4.55. The Morgan fingerprint density at radius 3 is 3.19 bits per heavy atom. The van der Waals surface area contributed by atoms with Gasteiger partial charge in [0.05, 0.1) is 5.60 Å². The molecular formula is C12H21N3O. The lowest BCUT2D eigenvalue weighted by Gasteiger charge is -2.35. The van der Waals surface area contributed by atoms with Crippen LogP contribution in [0.2, 0.25) is 0 Å². The summed E-state index contributed by atoms with van der Waals surface area (Å²) in [5, 5.41) is 10.5. The van der Waals surface area contributed by atoms with E-state index in [1.165, 1.54) is 0 Å². The van der Waals surface area contributed by atoms with Gasteiger partial charge in [-0.15, -0.1) is 0 Å². The fraction of sp³-hybridized carbons (Fsp3) is 0.750. The molecule has 0 spiro atoms. The summed E-state index contributed by atoms with van der Waals surface area (Å²) in [6.45, 7) is 2.99. The van der Waals surface area contributed by atoms with E-state index in [2.05, 4.69) is 16.5 Å². The van der Waals surface area contributed by atoms with E-state index in [0.717, 1.165) is 31.6 Å². The lowest BCUT2D eigenvalue weighted by molar-refractivity contribution is -0.00418. The van der Waals surface area contributed by atoms with E-state index in [1.54, 1.807) is 6.20 Å². The zero-order chi connectivity index (χ0) is 11.6. The summed E-state index contributed by atoms with van der Waals surface area (Å²) in [6, 6.07) is 0.142. The molecule has 0 aliphatic heterocycles. The average molecular weight is 223 g/mol. The Labute approximate surface area is 96.5 Å². The maximum absolute atomic E-state index is 10.5. The molecule has 0 bridgehead atoms. The normalized spacial score (nSPS) is 30.6. The van der Waals surface area contributed by atoms with Crippen LogP contribution in [0.4, 0.5) is 0 Å². The number of nitrogens with two attached hydrogens (primary N) is 1. The molecule has 1 fully saturated rings. The number of aromatic nitrogens is 2. The summed E-state index contributed by atoms with van der Waals surface area (Å²) in [5.74, 6) is 0.971. The van der Waals surface area contributed by atoms with Crippen molar-refractivity contribution in [3.8, 4) is 0 Å². The minimum atomic E-state index is -0.643. The summed E-state index contributed by atoms with van der Waals surface area (Å²) < 4.78 is 2.08. The zero-order valence-corrected chi connectivity index (χ0v) is 9.89. The Kier molecular flexibility index (Phi) is 3.30. The molecular weight excluding hydrogens is 202 g/mol. The summed E-state index contributed by atoms with van der Waals surface area (Å²) in [5.41, 5.74) is 5.28. The Bertz CT molecular complexity index is 350. The minimum absolute atomic E-state index is 0.142. The molecule has 1 heterocycles. The highest BCUT2D eigenvalue weighted by atomic mass is 16.3. The number of hydrogen-bond acceptors (Lipinski definition) is 3. The largest absolute Gasteiger partial charge is 0.389 e. The molecule has 1 aliphatic carbocycles. The SMILES string of the molecule is CCn1ccnc1CC1(O)CCCC(N)C1. The van der Waals surface area contributed by atoms with Crippen molar-refractivity contribution in [3.05, 3.63) is 18.2 Å². The van der Waals surface area contributed by atoms with Crippen LogP contribution in [0.3, 0.4) is 0 Å². The van der Waals surface area contributed by atoms with Gasteiger partial charge in [-0.1, -0.05) is 0 Å². The maximum Gasteiger partial charge on any atom is 0.111 e. The van der Waals surface area contributed by atoms with Gasteiger partial charge in [-0.2, -0.15) is 0 Å². The first-order chi connectivity index (χ1) is 7.63. The number of imidazole rings is 1. The second-order valence-electron chi connectivity index (χ2n) is 4.89. The molecule has 2 atom stereocenters. The lowest BCUT2D eigenvalue weighted by atomic mass is 9.80. The first kappa shape index (κ1) is 11.6. The molecule has 1 aliphatic rings. The van der Waals surface area contributed by atoms with Crippen molar-refractivity contribution in [2.24, 2.45) is 5.73 Å². The van der Waals surface area contributed by atoms with Gasteiger partial charge in [-0.25, -0.2) is 4.98 Å². The third-order valence-electron chi connectivity index (χ3n) is 3.49. The number of aryl methyl sites for hydroxylation is 1. The Morgan fingerprint density at radius 2 is 2.50 bits per heavy atom. The van der Waals surface area contributed by atoms with Gasteiger partial charge in [-0.3, -0.25) is 0 Å². The molecule has 16 heavy (non-hydrogen) atoms. The monoisotopic (exact) mass is 223 g/mol. The van der Waals surface area contributed by atoms with Crippen LogP contribution in [-0.4, -0.2) is 26.3 Å². The van der Waals surface area contributed by atoms with Crippen molar-refractivity contribution in [3.63, 3.8) is 0 Å². The second-order valence-corrected chi connectivity index (χ2v) is 4.89. The van der Waals surface area contributed by atoms with E-state index < -0.39 is 5.60 Å². The van der Waals surface area contributed by atoms with Crippen LogP contribution in [0.1, 0.15) is 38.4 Å². The van der Waals surface area contributed by atoms with Crippen LogP contribution in [0.25, 0.3) is 0 Å². The van der Waals surface area contributed by atoms with Gasteiger partial charge in [0.25, 0.3) is 0 Å². The van der Waals surface area contributed by atoms with Crippen LogP contribution in [0.15, 0.2) is 12.4 Å². The van der Waals surface area contributed by atoms with E-state index in [9.17, 15) is 5.11 Å². The highest BCUT2D eigenvalue weighted by molar-refractivity contribution is 5.01. The standard InChI is InChI=1S/C12H21N3O/c1-2-15-7-6-14-11(15)9-12(16)5-3-4-10(13)8-12/h6-7,10,16H,2-5,8-9,13H2,1H3. The van der Waals surface area contributed by atoms with E-state index in [-0.39, 0.29) is 6.04 Å². The van der Waals surface area contributed by atoms with Crippen molar-refractivity contribution in [1.29, 1.82) is 0 Å². The van der Waals surface area contributed by atoms with Crippen molar-refractivity contribution >= 4 is 0 Å². The molecule has 4 heteroatoms. The maximum atomic E-state index is 10.5. The zero-order valence-electron chi connectivity index (χ0n) is 9.89. The van der Waals surface area contributed by atoms with Crippen LogP contribution in [-0.2, 0) is 13.0 Å². The van der Waals surface area contributed by atoms with Crippen LogP contribution in [0.5, 0.6) is 0 Å². The van der Waals surface area contributed by atoms with Crippen molar-refractivity contribution < 1.29 is 5.11 Å². The molecule has 2 unspecified atom stereocenters. The van der Waals surface area contributed by atoms with E-state index in [0.29, 0.717) is 12.8 Å². The highest BCUT2D eigenvalue weighted by Gasteiger charge is 2.34. The third kappa shape index (κ3) is 2.44. The lowest BCUT2D eigenvalue weighted by Crippen LogP contribution is -2.43. The van der Waals surface area contributed by atoms with Gasteiger partial charge in [-0.05, 0) is 32.6 Å². The average Bonchev–Trinajstić information content (AvgIpc) is 2.63. The van der Waals surface area contributed by atoms with E-state index in [4.69, 9.17) is 5.73 Å². The van der Waals surface area contributed by atoms with Gasteiger partial charge in [0, 0.05) is 31.4 Å². The molecule has 1 aromatic rings. The first-order valence-corrected chi connectivity index (χ1v) is 6.11. The van der Waals surface area contributed by atoms with Gasteiger partial charge in [0.1, 0.15) is 5.82 Å². The number of aliphatic hydroxyl groups is 1. The van der Waals surface area contributed by atoms with Crippen molar-refractivity contribution in [2.75, 3.05) is 0 Å². The first-order valence-electron chi connectivity index (χ1n) is 6.11. The van der Waals surface area contributed by atoms with E-state index >= 15 is 0 Å². The van der Waals surface area contributed by atoms with Gasteiger partial charge < -0.3 is 15.4 Å². The number of hydrogen-bond donors (Lipinski definition) is 2. The predicted octanol–water partition coefficient (Wildman–Crippen LogP) is 1.08. The Balaban J connectivity index is 2.08. The smallest absolute Gasteiger partial charge is 0.111 e. The van der Waals surface area contributed by atoms with Crippen LogP contribution >= 0.6 is 0 Å². The third-order valence-corrected chi connectivity index (χ3v) is 3.49. The van der Waals surface area contributed by atoms with Crippen molar-refractivity contribution in [1.82, 2.24) is 9.55 Å². The molecule has 3 N–H and O–H groups in total. The highest BCUT2D eigenvalue weighted by Crippen LogP contribution is 2.30. The molecule has 2 rings (SSSR count). The predicted molar refractivity (Wildman–Crippen MR) is 63.0 cm³/mol. The topological polar surface area (TPSA) is 64.1 Å². The van der Waals surface area contributed by atoms with E-state index in [1.807, 2.05) is 6.20 Å². The summed E-state index contributed by atoms with van der Waals surface area (Å²) in [6.07, 6.45) is 7.98. The summed E-state index contributed by atoms with van der Waals surface area (Å²) in [4.78, 5) is 4.31. The molecule has 1 aromatic heterocycles. The van der Waals surface area contributed by atoms with Gasteiger partial charge in [0.15, 0.2) is 0 Å². The number of nitrogens with zero attached hydrogens (tertiary/aromatic N) is 2. The van der Waals surface area contributed by atoms with Gasteiger partial charge >= 0.3 is 0 Å². The van der Waals surface area contributed by atoms with Crippen LogP contribution in [0, 0.1) is 0 Å². The molecule has 1 saturated carbocycles. The Morgan fingerprint density at radius 1 is 1.69 bits per heavy atom. The van der Waals surface area contributed by atoms with Crippen LogP contribution < -0.4 is 5.73 Å². The number of rotatable bonds is 3. The van der Waals surface area contributed by atoms with Gasteiger partial charge in [0.2, 0.25) is 0 Å². The fourth-order valence-corrected chi connectivity index (χ4v) is 2.64. The summed E-state index contributed by atoms with van der Waals surface area (Å²) >= 11 is 0. The van der Waals surface area contributed by atoms with Crippen molar-refractivity contribution in [2.45, 2.75) is 57.2 Å². The molecule has 4 nitrogen and oxygen atoms in total. The fourth-order valence-electron chi connectivity index (χ4n) is 2.64. The summed E-state index contributed by atoms with van der Waals surface area (Å²) in [7, 11) is 0. The molecule has 0 saturated heterocycles. The molecule has 90 valence electrons. The Hall–Kier alpha value is -0.870. The molecule has 0 amide bonds.